The number of hydrogen-bond donors (Lipinski definition) is 0. The molecule has 0 radical (unpaired) electrons. The Balaban J connectivity index is 0.000000253. The molecular weight excluding hydrogens is 503 g/mol. The van der Waals surface area contributed by atoms with E-state index in [1.54, 1.807) is 0 Å². The van der Waals surface area contributed by atoms with Gasteiger partial charge in [0.25, 0.3) is 0 Å². The summed E-state index contributed by atoms with van der Waals surface area (Å²) in [6.07, 6.45) is 0.942. The zero-order valence-electron chi connectivity index (χ0n) is 21.1. The molecule has 0 aliphatic heterocycles. The maximum Gasteiger partial charge on any atom is 0.329 e. The average Bonchev–Trinajstić information content (AvgIpc) is 2.91. The van der Waals surface area contributed by atoms with Crippen molar-refractivity contribution in [1.82, 2.24) is 0 Å². The van der Waals surface area contributed by atoms with Crippen LogP contribution in [0.1, 0.15) is 37.8 Å². The van der Waals surface area contributed by atoms with E-state index in [0.717, 1.165) is 33.9 Å². The van der Waals surface area contributed by atoms with Gasteiger partial charge in [0.2, 0.25) is 0 Å². The zero-order chi connectivity index (χ0) is 25.6. The van der Waals surface area contributed by atoms with E-state index in [1.165, 1.54) is 0 Å². The summed E-state index contributed by atoms with van der Waals surface area (Å²) in [6.45, 7) is 3.85. The van der Waals surface area contributed by atoms with Crippen LogP contribution in [-0.2, 0) is 16.5 Å². The first-order valence-electron chi connectivity index (χ1n) is 11.9. The molecule has 0 heterocycles. The SMILES string of the molecule is CC(CC(=[OH+])c1ccccc1)=Nc1ccccc1.CC(CC(=[OH+])c1ccccc1)=Nc1ccccc1.[Ni]. The topological polar surface area (TPSA) is 67.5 Å². The number of hydrogen-bond acceptors (Lipinski definition) is 2. The second-order valence-corrected chi connectivity index (χ2v) is 8.34. The number of carbonyl (C=O) groups excluding carboxylic acids is 2. The summed E-state index contributed by atoms with van der Waals surface area (Å²) in [6, 6.07) is 38.6. The molecule has 4 rings (SSSR count). The van der Waals surface area contributed by atoms with Crippen molar-refractivity contribution in [2.75, 3.05) is 0 Å². The molecule has 37 heavy (non-hydrogen) atoms. The molecule has 4 aromatic carbocycles. The molecule has 0 bridgehead atoms. The van der Waals surface area contributed by atoms with E-state index in [9.17, 15) is 9.59 Å². The van der Waals surface area contributed by atoms with Crippen LogP contribution in [0, 0.1) is 0 Å². The van der Waals surface area contributed by atoms with E-state index < -0.39 is 0 Å². The molecule has 0 unspecified atom stereocenters. The van der Waals surface area contributed by atoms with Gasteiger partial charge in [0, 0.05) is 27.9 Å². The maximum atomic E-state index is 10.0. The van der Waals surface area contributed by atoms with Crippen LogP contribution in [0.3, 0.4) is 0 Å². The minimum atomic E-state index is 0. The minimum Gasteiger partial charge on any atom is -0.278 e. The normalized spacial score (nSPS) is 11.0. The minimum absolute atomic E-state index is 0. The van der Waals surface area contributed by atoms with E-state index in [0.29, 0.717) is 24.4 Å². The Bertz CT molecular complexity index is 1200. The maximum absolute atomic E-state index is 10.0. The monoisotopic (exact) mass is 534 g/mol. The van der Waals surface area contributed by atoms with Gasteiger partial charge >= 0.3 is 11.6 Å². The molecule has 0 spiro atoms. The second kappa shape index (κ2) is 15.9. The molecule has 4 aromatic rings. The van der Waals surface area contributed by atoms with Crippen molar-refractivity contribution >= 4 is 34.4 Å². The van der Waals surface area contributed by atoms with Gasteiger partial charge in [-0.2, -0.15) is 0 Å². The van der Waals surface area contributed by atoms with Gasteiger partial charge < -0.3 is 0 Å². The first kappa shape index (κ1) is 29.3. The largest absolute Gasteiger partial charge is 0.329 e. The summed E-state index contributed by atoms with van der Waals surface area (Å²) in [5.41, 5.74) is 5.30. The molecule has 0 aliphatic carbocycles. The van der Waals surface area contributed by atoms with Crippen LogP contribution in [0.2, 0.25) is 0 Å². The number of ketones is 2. The van der Waals surface area contributed by atoms with Gasteiger partial charge in [-0.15, -0.1) is 0 Å². The van der Waals surface area contributed by atoms with Gasteiger partial charge in [0.15, 0.2) is 0 Å². The predicted molar refractivity (Wildman–Crippen MR) is 153 cm³/mol. The molecule has 0 aliphatic rings. The van der Waals surface area contributed by atoms with Crippen molar-refractivity contribution < 1.29 is 26.1 Å². The molecule has 0 atom stereocenters. The third-order valence-electron chi connectivity index (χ3n) is 5.21. The fourth-order valence-electron chi connectivity index (χ4n) is 3.47. The summed E-state index contributed by atoms with van der Waals surface area (Å²) >= 11 is 0. The van der Waals surface area contributed by atoms with Crippen molar-refractivity contribution in [1.29, 1.82) is 0 Å². The van der Waals surface area contributed by atoms with Gasteiger partial charge in [0.1, 0.15) is 12.8 Å². The smallest absolute Gasteiger partial charge is 0.278 e. The standard InChI is InChI=1S/2C16H15NO.Ni/c2*1-13(17-15-10-6-3-7-11-15)12-16(18)14-8-4-2-5-9-14;/h2*2-11H,12H2,1H3;/p+2. The van der Waals surface area contributed by atoms with E-state index in [4.69, 9.17) is 0 Å². The van der Waals surface area contributed by atoms with Gasteiger partial charge in [-0.1, -0.05) is 72.8 Å². The fraction of sp³-hybridized carbons (Fsp3) is 0.125. The summed E-state index contributed by atoms with van der Waals surface area (Å²) < 4.78 is 0. The van der Waals surface area contributed by atoms with Crippen LogP contribution in [0.4, 0.5) is 11.4 Å². The van der Waals surface area contributed by atoms with Crippen molar-refractivity contribution in [3.63, 3.8) is 0 Å². The Morgan fingerprint density at radius 1 is 0.486 bits per heavy atom. The molecular formula is C32H32N2NiO2+2. The first-order chi connectivity index (χ1) is 17.5. The van der Waals surface area contributed by atoms with Crippen LogP contribution in [0.15, 0.2) is 131 Å². The Morgan fingerprint density at radius 2 is 0.757 bits per heavy atom. The molecule has 0 amide bonds. The number of para-hydroxylation sites is 2. The molecule has 5 heteroatoms. The van der Waals surface area contributed by atoms with E-state index in [1.807, 2.05) is 135 Å². The zero-order valence-corrected chi connectivity index (χ0v) is 22.1. The van der Waals surface area contributed by atoms with Gasteiger partial charge in [-0.3, -0.25) is 19.6 Å². The third kappa shape index (κ3) is 10.7. The van der Waals surface area contributed by atoms with Crippen LogP contribution in [0.25, 0.3) is 0 Å². The van der Waals surface area contributed by atoms with Crippen molar-refractivity contribution in [3.8, 4) is 0 Å². The van der Waals surface area contributed by atoms with Gasteiger partial charge in [0.05, 0.1) is 22.5 Å². The molecule has 0 aromatic heterocycles. The predicted octanol–water partition coefficient (Wildman–Crippen LogP) is 7.52. The van der Waals surface area contributed by atoms with Crippen molar-refractivity contribution in [2.24, 2.45) is 9.98 Å². The Kier molecular flexibility index (Phi) is 12.6. The molecule has 4 nitrogen and oxygen atoms in total. The van der Waals surface area contributed by atoms with E-state index >= 15 is 0 Å². The number of nitrogens with zero attached hydrogens (tertiary/aromatic N) is 2. The molecule has 2 N–H and O–H groups in total. The molecule has 0 saturated carbocycles. The second-order valence-electron chi connectivity index (χ2n) is 8.34. The quantitative estimate of drug-likeness (QED) is 0.0970. The van der Waals surface area contributed by atoms with Crippen LogP contribution in [0.5, 0.6) is 0 Å². The third-order valence-corrected chi connectivity index (χ3v) is 5.21. The van der Waals surface area contributed by atoms with Crippen LogP contribution in [-0.4, -0.2) is 32.6 Å². The van der Waals surface area contributed by atoms with E-state index in [2.05, 4.69) is 9.98 Å². The number of benzene rings is 4. The summed E-state index contributed by atoms with van der Waals surface area (Å²) in [7, 11) is 0. The Labute approximate surface area is 229 Å². The van der Waals surface area contributed by atoms with Crippen LogP contribution >= 0.6 is 0 Å². The molecule has 0 fully saturated rings. The summed E-state index contributed by atoms with van der Waals surface area (Å²) in [5, 5.41) is 0. The van der Waals surface area contributed by atoms with Gasteiger partial charge in [-0.25, -0.2) is 0 Å². The van der Waals surface area contributed by atoms with Crippen molar-refractivity contribution in [2.45, 2.75) is 26.7 Å². The summed E-state index contributed by atoms with van der Waals surface area (Å²) in [4.78, 5) is 28.9. The number of rotatable bonds is 8. The summed E-state index contributed by atoms with van der Waals surface area (Å²) in [5.74, 6) is 0.709. The first-order valence-corrected chi connectivity index (χ1v) is 11.9. The van der Waals surface area contributed by atoms with E-state index in [-0.39, 0.29) is 16.5 Å². The molecule has 190 valence electrons. The Hall–Kier alpha value is -3.95. The van der Waals surface area contributed by atoms with Crippen LogP contribution < -0.4 is 0 Å². The number of aliphatic imine (C=N–C) groups is 2. The molecule has 0 saturated heterocycles. The Morgan fingerprint density at radius 3 is 1.05 bits per heavy atom. The fourth-order valence-corrected chi connectivity index (χ4v) is 3.47. The van der Waals surface area contributed by atoms with Crippen molar-refractivity contribution in [3.05, 3.63) is 132 Å². The average molecular weight is 535 g/mol. The van der Waals surface area contributed by atoms with Gasteiger partial charge in [-0.05, 0) is 62.4 Å².